The minimum absolute atomic E-state index is 0.0994. The predicted molar refractivity (Wildman–Crippen MR) is 77.0 cm³/mol. The maximum Gasteiger partial charge on any atom is 0.263 e. The number of amides is 1. The second-order valence-electron chi connectivity index (χ2n) is 4.15. The van der Waals surface area contributed by atoms with Gasteiger partial charge >= 0.3 is 0 Å². The van der Waals surface area contributed by atoms with Crippen LogP contribution in [0, 0.1) is 20.8 Å². The Morgan fingerprint density at radius 3 is 2.41 bits per heavy atom. The van der Waals surface area contributed by atoms with Gasteiger partial charge in [-0.3, -0.25) is 4.79 Å². The molecule has 1 aliphatic heterocycles. The van der Waals surface area contributed by atoms with E-state index >= 15 is 0 Å². The molecule has 1 saturated heterocycles. The van der Waals surface area contributed by atoms with E-state index in [1.165, 1.54) is 28.5 Å². The number of carbonyl (C=O) groups is 1. The first-order valence-corrected chi connectivity index (χ1v) is 6.52. The summed E-state index contributed by atoms with van der Waals surface area (Å²) >= 11 is 6.28. The first-order valence-electron chi connectivity index (χ1n) is 5.30. The molecule has 4 heteroatoms. The lowest BCUT2D eigenvalue weighted by molar-refractivity contribution is -0.115. The number of thioether (sulfide) groups is 1. The van der Waals surface area contributed by atoms with Crippen molar-refractivity contribution >= 4 is 40.3 Å². The van der Waals surface area contributed by atoms with Gasteiger partial charge in [-0.2, -0.15) is 0 Å². The summed E-state index contributed by atoms with van der Waals surface area (Å²) in [5, 5.41) is 2.62. The first-order chi connectivity index (χ1) is 7.97. The molecule has 1 aromatic carbocycles. The quantitative estimate of drug-likeness (QED) is 0.623. The Morgan fingerprint density at radius 1 is 1.18 bits per heavy atom. The highest BCUT2D eigenvalue weighted by atomic mass is 32.2. The van der Waals surface area contributed by atoms with Crippen LogP contribution < -0.4 is 5.32 Å². The van der Waals surface area contributed by atoms with Crippen LogP contribution in [-0.4, -0.2) is 10.2 Å². The van der Waals surface area contributed by atoms with Gasteiger partial charge in [0.05, 0.1) is 4.91 Å². The van der Waals surface area contributed by atoms with E-state index in [2.05, 4.69) is 38.2 Å². The summed E-state index contributed by atoms with van der Waals surface area (Å²) in [7, 11) is 0. The molecule has 1 aliphatic rings. The molecule has 0 atom stereocenters. The molecule has 88 valence electrons. The molecule has 1 aromatic rings. The zero-order chi connectivity index (χ0) is 12.6. The zero-order valence-corrected chi connectivity index (χ0v) is 11.6. The molecule has 0 radical (unpaired) electrons. The highest BCUT2D eigenvalue weighted by Gasteiger charge is 2.22. The van der Waals surface area contributed by atoms with Crippen LogP contribution in [0.5, 0.6) is 0 Å². The maximum atomic E-state index is 11.6. The summed E-state index contributed by atoms with van der Waals surface area (Å²) in [6, 6.07) is 4.24. The van der Waals surface area contributed by atoms with Gasteiger partial charge in [-0.1, -0.05) is 36.1 Å². The van der Waals surface area contributed by atoms with Crippen molar-refractivity contribution in [1.82, 2.24) is 5.32 Å². The van der Waals surface area contributed by atoms with Crippen LogP contribution in [0.3, 0.4) is 0 Å². The summed E-state index contributed by atoms with van der Waals surface area (Å²) < 4.78 is 0.530. The van der Waals surface area contributed by atoms with Crippen molar-refractivity contribution in [3.05, 3.63) is 39.3 Å². The van der Waals surface area contributed by atoms with Gasteiger partial charge in [-0.25, -0.2) is 0 Å². The molecule has 1 fully saturated rings. The van der Waals surface area contributed by atoms with E-state index in [1.807, 2.05) is 6.08 Å². The Kier molecular flexibility index (Phi) is 3.35. The van der Waals surface area contributed by atoms with Crippen molar-refractivity contribution in [2.75, 3.05) is 0 Å². The van der Waals surface area contributed by atoms with E-state index in [0.717, 1.165) is 5.56 Å². The Bertz CT molecular complexity index is 547. The van der Waals surface area contributed by atoms with Gasteiger partial charge in [0.15, 0.2) is 0 Å². The zero-order valence-electron chi connectivity index (χ0n) is 9.96. The summed E-state index contributed by atoms with van der Waals surface area (Å²) in [4.78, 5) is 12.2. The number of nitrogens with one attached hydrogen (secondary N) is 1. The topological polar surface area (TPSA) is 29.1 Å². The van der Waals surface area contributed by atoms with Gasteiger partial charge in [0, 0.05) is 0 Å². The van der Waals surface area contributed by atoms with Gasteiger partial charge in [0.1, 0.15) is 4.32 Å². The molecule has 0 spiro atoms. The lowest BCUT2D eigenvalue weighted by Crippen LogP contribution is -2.17. The van der Waals surface area contributed by atoms with Crippen molar-refractivity contribution in [3.63, 3.8) is 0 Å². The van der Waals surface area contributed by atoms with Crippen LogP contribution in [0.1, 0.15) is 22.3 Å². The average Bonchev–Trinajstić information content (AvgIpc) is 2.54. The summed E-state index contributed by atoms with van der Waals surface area (Å²) in [5.41, 5.74) is 4.75. The summed E-state index contributed by atoms with van der Waals surface area (Å²) in [5.74, 6) is -0.0994. The molecular weight excluding hydrogens is 250 g/mol. The fourth-order valence-electron chi connectivity index (χ4n) is 1.70. The Hall–Kier alpha value is -1.13. The third-order valence-electron chi connectivity index (χ3n) is 2.81. The smallest absolute Gasteiger partial charge is 0.263 e. The number of hydrogen-bond donors (Lipinski definition) is 1. The molecular formula is C13H13NOS2. The van der Waals surface area contributed by atoms with E-state index in [0.29, 0.717) is 9.23 Å². The number of thiocarbonyl (C=S) groups is 1. The molecule has 2 rings (SSSR count). The molecule has 0 unspecified atom stereocenters. The molecule has 1 heterocycles. The largest absolute Gasteiger partial charge is 0.307 e. The average molecular weight is 263 g/mol. The van der Waals surface area contributed by atoms with Crippen molar-refractivity contribution in [3.8, 4) is 0 Å². The standard InChI is InChI=1S/C13H13NOS2/c1-7-4-9(3)10(5-8(7)2)6-11-12(15)14-13(16)17-11/h4-6H,1-3H3,(H,14,15,16). The molecule has 1 N–H and O–H groups in total. The van der Waals surface area contributed by atoms with E-state index in [4.69, 9.17) is 12.2 Å². The molecule has 1 amide bonds. The number of rotatable bonds is 1. The predicted octanol–water partition coefficient (Wildman–Crippen LogP) is 3.10. The third kappa shape index (κ3) is 2.58. The lowest BCUT2D eigenvalue weighted by Gasteiger charge is -2.06. The molecule has 17 heavy (non-hydrogen) atoms. The van der Waals surface area contributed by atoms with E-state index in [1.54, 1.807) is 0 Å². The Balaban J connectivity index is 2.42. The Morgan fingerprint density at radius 2 is 1.82 bits per heavy atom. The van der Waals surface area contributed by atoms with Crippen LogP contribution in [0.15, 0.2) is 17.0 Å². The van der Waals surface area contributed by atoms with E-state index in [9.17, 15) is 4.79 Å². The highest BCUT2D eigenvalue weighted by Crippen LogP contribution is 2.27. The fraction of sp³-hybridized carbons (Fsp3) is 0.231. The minimum Gasteiger partial charge on any atom is -0.307 e. The number of aryl methyl sites for hydroxylation is 3. The van der Waals surface area contributed by atoms with Crippen LogP contribution in [0.2, 0.25) is 0 Å². The summed E-state index contributed by atoms with van der Waals surface area (Å²) in [6.45, 7) is 6.21. The molecule has 0 aliphatic carbocycles. The van der Waals surface area contributed by atoms with Crippen LogP contribution in [0.25, 0.3) is 6.08 Å². The number of carbonyl (C=O) groups excluding carboxylic acids is 1. The monoisotopic (exact) mass is 263 g/mol. The van der Waals surface area contributed by atoms with Gasteiger partial charge in [0.2, 0.25) is 0 Å². The highest BCUT2D eigenvalue weighted by molar-refractivity contribution is 8.26. The number of hydrogen-bond acceptors (Lipinski definition) is 3. The second-order valence-corrected chi connectivity index (χ2v) is 5.86. The van der Waals surface area contributed by atoms with E-state index in [-0.39, 0.29) is 5.91 Å². The third-order valence-corrected chi connectivity index (χ3v) is 3.97. The van der Waals surface area contributed by atoms with Gasteiger partial charge < -0.3 is 5.32 Å². The molecule has 2 nitrogen and oxygen atoms in total. The lowest BCUT2D eigenvalue weighted by atomic mass is 10.0. The molecule has 0 aromatic heterocycles. The van der Waals surface area contributed by atoms with Crippen LogP contribution in [0.4, 0.5) is 0 Å². The van der Waals surface area contributed by atoms with Gasteiger partial charge in [0.25, 0.3) is 5.91 Å². The molecule has 0 bridgehead atoms. The van der Waals surface area contributed by atoms with Crippen LogP contribution >= 0.6 is 24.0 Å². The normalized spacial score (nSPS) is 17.7. The van der Waals surface area contributed by atoms with Crippen LogP contribution in [-0.2, 0) is 4.79 Å². The number of benzene rings is 1. The Labute approximate surface area is 110 Å². The molecule has 0 saturated carbocycles. The maximum absolute atomic E-state index is 11.6. The van der Waals surface area contributed by atoms with Crippen molar-refractivity contribution in [2.24, 2.45) is 0 Å². The van der Waals surface area contributed by atoms with Crippen molar-refractivity contribution < 1.29 is 4.79 Å². The van der Waals surface area contributed by atoms with E-state index < -0.39 is 0 Å². The SMILES string of the molecule is Cc1cc(C)c(C=C2SC(=S)NC2=O)cc1C. The fourth-order valence-corrected chi connectivity index (χ4v) is 2.74. The van der Waals surface area contributed by atoms with Gasteiger partial charge in [-0.15, -0.1) is 0 Å². The first kappa shape index (κ1) is 12.3. The summed E-state index contributed by atoms with van der Waals surface area (Å²) in [6.07, 6.45) is 1.90. The van der Waals surface area contributed by atoms with Crippen molar-refractivity contribution in [2.45, 2.75) is 20.8 Å². The second kappa shape index (κ2) is 4.63. The minimum atomic E-state index is -0.0994. The van der Waals surface area contributed by atoms with Gasteiger partial charge in [-0.05, 0) is 49.1 Å². The van der Waals surface area contributed by atoms with Crippen molar-refractivity contribution in [1.29, 1.82) is 0 Å².